The van der Waals surface area contributed by atoms with Gasteiger partial charge < -0.3 is 14.6 Å². The minimum Gasteiger partial charge on any atom is -0.391 e. The Bertz CT molecular complexity index is 367. The summed E-state index contributed by atoms with van der Waals surface area (Å²) in [6.07, 6.45) is 6.21. The molecule has 3 saturated heterocycles. The Morgan fingerprint density at radius 2 is 1.71 bits per heavy atom. The van der Waals surface area contributed by atoms with E-state index in [1.807, 2.05) is 0 Å². The molecule has 1 aliphatic carbocycles. The number of likely N-dealkylation sites (tertiary alicyclic amines) is 2. The zero-order valence-corrected chi connectivity index (χ0v) is 12.9. The molecule has 0 aromatic heterocycles. The Labute approximate surface area is 127 Å². The third-order valence-electron chi connectivity index (χ3n) is 5.92. The first kappa shape index (κ1) is 14.4. The van der Waals surface area contributed by atoms with Gasteiger partial charge in [-0.05, 0) is 38.8 Å². The zero-order valence-electron chi connectivity index (χ0n) is 12.9. The third kappa shape index (κ3) is 2.75. The van der Waals surface area contributed by atoms with Crippen molar-refractivity contribution < 1.29 is 14.6 Å². The Hall–Kier alpha value is -0.200. The molecule has 21 heavy (non-hydrogen) atoms. The van der Waals surface area contributed by atoms with E-state index < -0.39 is 5.79 Å². The summed E-state index contributed by atoms with van der Waals surface area (Å²) in [6, 6.07) is 0.910. The van der Waals surface area contributed by atoms with Crippen LogP contribution in [-0.4, -0.2) is 78.3 Å². The molecule has 1 saturated carbocycles. The van der Waals surface area contributed by atoms with Crippen molar-refractivity contribution in [2.45, 2.75) is 62.5 Å². The summed E-state index contributed by atoms with van der Waals surface area (Å²) < 4.78 is 11.8. The van der Waals surface area contributed by atoms with Crippen molar-refractivity contribution in [3.8, 4) is 0 Å². The smallest absolute Gasteiger partial charge is 0.170 e. The van der Waals surface area contributed by atoms with Crippen LogP contribution in [0.1, 0.15) is 38.5 Å². The van der Waals surface area contributed by atoms with E-state index in [4.69, 9.17) is 9.47 Å². The minimum atomic E-state index is -0.393. The average molecular weight is 296 g/mol. The standard InChI is InChI=1S/C16H28N2O3/c19-15-3-5-16(20-9-10-21-16)11-14(15)18-8-4-13(12-18)17-6-1-2-7-17/h13-15,19H,1-12H2. The zero-order chi connectivity index (χ0) is 14.3. The van der Waals surface area contributed by atoms with Gasteiger partial charge in [0.15, 0.2) is 5.79 Å². The first-order chi connectivity index (χ1) is 10.3. The topological polar surface area (TPSA) is 45.2 Å². The van der Waals surface area contributed by atoms with Crippen LogP contribution in [0.15, 0.2) is 0 Å². The van der Waals surface area contributed by atoms with Gasteiger partial charge >= 0.3 is 0 Å². The summed E-state index contributed by atoms with van der Waals surface area (Å²) in [6.45, 7) is 6.17. The number of hydrogen-bond donors (Lipinski definition) is 1. The molecule has 0 aromatic rings. The molecule has 3 unspecified atom stereocenters. The van der Waals surface area contributed by atoms with Crippen LogP contribution in [0.4, 0.5) is 0 Å². The molecule has 0 radical (unpaired) electrons. The van der Waals surface area contributed by atoms with Crippen molar-refractivity contribution in [1.82, 2.24) is 9.80 Å². The summed E-state index contributed by atoms with van der Waals surface area (Å²) in [7, 11) is 0. The highest BCUT2D eigenvalue weighted by atomic mass is 16.7. The maximum atomic E-state index is 10.5. The lowest BCUT2D eigenvalue weighted by atomic mass is 9.86. The van der Waals surface area contributed by atoms with Gasteiger partial charge in [0.1, 0.15) is 0 Å². The monoisotopic (exact) mass is 296 g/mol. The molecule has 3 atom stereocenters. The predicted octanol–water partition coefficient (Wildman–Crippen LogP) is 0.813. The van der Waals surface area contributed by atoms with Crippen LogP contribution in [0, 0.1) is 0 Å². The molecule has 120 valence electrons. The predicted molar refractivity (Wildman–Crippen MR) is 79.1 cm³/mol. The van der Waals surface area contributed by atoms with Crippen LogP contribution in [0.25, 0.3) is 0 Å². The van der Waals surface area contributed by atoms with Gasteiger partial charge in [-0.1, -0.05) is 0 Å². The van der Waals surface area contributed by atoms with E-state index in [-0.39, 0.29) is 12.1 Å². The van der Waals surface area contributed by atoms with Gasteiger partial charge in [0.25, 0.3) is 0 Å². The highest BCUT2D eigenvalue weighted by Crippen LogP contribution is 2.39. The molecule has 0 aromatic carbocycles. The van der Waals surface area contributed by atoms with Gasteiger partial charge in [-0.2, -0.15) is 0 Å². The SMILES string of the molecule is OC1CCC2(CC1N1CCC(N3CCCC3)C1)OCCO2. The normalized spacial score (nSPS) is 41.3. The van der Waals surface area contributed by atoms with Crippen molar-refractivity contribution in [3.05, 3.63) is 0 Å². The van der Waals surface area contributed by atoms with E-state index in [2.05, 4.69) is 9.80 Å². The number of aliphatic hydroxyl groups excluding tert-OH is 1. The molecule has 5 heteroatoms. The van der Waals surface area contributed by atoms with E-state index in [9.17, 15) is 5.11 Å². The second kappa shape index (κ2) is 5.78. The van der Waals surface area contributed by atoms with Crippen molar-refractivity contribution >= 4 is 0 Å². The summed E-state index contributed by atoms with van der Waals surface area (Å²) >= 11 is 0. The fraction of sp³-hybridized carbons (Fsp3) is 1.00. The Balaban J connectivity index is 1.40. The molecule has 4 aliphatic rings. The van der Waals surface area contributed by atoms with Crippen LogP contribution < -0.4 is 0 Å². The number of rotatable bonds is 2. The molecule has 4 fully saturated rings. The van der Waals surface area contributed by atoms with Crippen molar-refractivity contribution in [2.75, 3.05) is 39.4 Å². The van der Waals surface area contributed by atoms with Gasteiger partial charge in [-0.15, -0.1) is 0 Å². The second-order valence-electron chi connectivity index (χ2n) is 7.17. The number of aliphatic hydroxyl groups is 1. The quantitative estimate of drug-likeness (QED) is 0.817. The van der Waals surface area contributed by atoms with Gasteiger partial charge in [0.05, 0.1) is 19.3 Å². The van der Waals surface area contributed by atoms with E-state index >= 15 is 0 Å². The maximum absolute atomic E-state index is 10.5. The summed E-state index contributed by atoms with van der Waals surface area (Å²) in [5, 5.41) is 10.5. The Morgan fingerprint density at radius 3 is 2.48 bits per heavy atom. The maximum Gasteiger partial charge on any atom is 0.170 e. The molecule has 1 spiro atoms. The number of hydrogen-bond acceptors (Lipinski definition) is 5. The lowest BCUT2D eigenvalue weighted by Crippen LogP contribution is -2.53. The Kier molecular flexibility index (Phi) is 3.96. The van der Waals surface area contributed by atoms with E-state index in [1.165, 1.54) is 32.4 Å². The Morgan fingerprint density at radius 1 is 0.952 bits per heavy atom. The molecule has 0 bridgehead atoms. The van der Waals surface area contributed by atoms with Crippen LogP contribution >= 0.6 is 0 Å². The minimum absolute atomic E-state index is 0.212. The summed E-state index contributed by atoms with van der Waals surface area (Å²) in [5.74, 6) is -0.393. The summed E-state index contributed by atoms with van der Waals surface area (Å²) in [4.78, 5) is 5.15. The molecule has 5 nitrogen and oxygen atoms in total. The average Bonchev–Trinajstić information content (AvgIpc) is 3.21. The lowest BCUT2D eigenvalue weighted by Gasteiger charge is -2.43. The largest absolute Gasteiger partial charge is 0.391 e. The van der Waals surface area contributed by atoms with E-state index in [0.29, 0.717) is 19.3 Å². The van der Waals surface area contributed by atoms with Crippen LogP contribution in [0.5, 0.6) is 0 Å². The lowest BCUT2D eigenvalue weighted by molar-refractivity contribution is -0.204. The molecule has 0 amide bonds. The molecule has 3 heterocycles. The molecule has 1 N–H and O–H groups in total. The first-order valence-corrected chi connectivity index (χ1v) is 8.70. The van der Waals surface area contributed by atoms with Crippen LogP contribution in [-0.2, 0) is 9.47 Å². The highest BCUT2D eigenvalue weighted by Gasteiger charge is 2.47. The highest BCUT2D eigenvalue weighted by molar-refractivity contribution is 4.97. The number of nitrogens with zero attached hydrogens (tertiary/aromatic N) is 2. The van der Waals surface area contributed by atoms with Gasteiger partial charge in [-0.3, -0.25) is 9.80 Å². The molecule has 3 aliphatic heterocycles. The fourth-order valence-corrected chi connectivity index (χ4v) is 4.72. The van der Waals surface area contributed by atoms with Gasteiger partial charge in [0.2, 0.25) is 0 Å². The summed E-state index contributed by atoms with van der Waals surface area (Å²) in [5.41, 5.74) is 0. The first-order valence-electron chi connectivity index (χ1n) is 8.70. The second-order valence-corrected chi connectivity index (χ2v) is 7.17. The third-order valence-corrected chi connectivity index (χ3v) is 5.92. The molecular formula is C16H28N2O3. The van der Waals surface area contributed by atoms with Crippen LogP contribution in [0.3, 0.4) is 0 Å². The fourth-order valence-electron chi connectivity index (χ4n) is 4.72. The van der Waals surface area contributed by atoms with Crippen molar-refractivity contribution in [2.24, 2.45) is 0 Å². The van der Waals surface area contributed by atoms with Crippen molar-refractivity contribution in [1.29, 1.82) is 0 Å². The van der Waals surface area contributed by atoms with E-state index in [0.717, 1.165) is 32.4 Å². The number of ether oxygens (including phenoxy) is 2. The van der Waals surface area contributed by atoms with Gasteiger partial charge in [-0.25, -0.2) is 0 Å². The van der Waals surface area contributed by atoms with Gasteiger partial charge in [0, 0.05) is 38.0 Å². The van der Waals surface area contributed by atoms with Crippen LogP contribution in [0.2, 0.25) is 0 Å². The van der Waals surface area contributed by atoms with Crippen molar-refractivity contribution in [3.63, 3.8) is 0 Å². The molecule has 4 rings (SSSR count). The van der Waals surface area contributed by atoms with E-state index in [1.54, 1.807) is 0 Å². The molecular weight excluding hydrogens is 268 g/mol.